The van der Waals surface area contributed by atoms with E-state index in [4.69, 9.17) is 9.47 Å². The Labute approximate surface area is 227 Å². The van der Waals surface area contributed by atoms with Gasteiger partial charge in [0.25, 0.3) is 0 Å². The fourth-order valence-corrected chi connectivity index (χ4v) is 7.02. The predicted octanol–water partition coefficient (Wildman–Crippen LogP) is 6.56. The molecule has 4 aromatic rings. The van der Waals surface area contributed by atoms with Gasteiger partial charge in [0.2, 0.25) is 11.7 Å². The number of ether oxygens (including phenoxy) is 2. The van der Waals surface area contributed by atoms with Crippen molar-refractivity contribution in [2.45, 2.75) is 39.3 Å². The van der Waals surface area contributed by atoms with Crippen LogP contribution in [0.1, 0.15) is 47.7 Å². The lowest BCUT2D eigenvalue weighted by Crippen LogP contribution is -2.16. The van der Waals surface area contributed by atoms with Crippen molar-refractivity contribution in [1.82, 2.24) is 9.78 Å². The second-order valence-corrected chi connectivity index (χ2v) is 12.0. The van der Waals surface area contributed by atoms with Crippen molar-refractivity contribution in [3.63, 3.8) is 0 Å². The normalized spacial score (nSPS) is 14.6. The molecular weight excluding hydrogens is 516 g/mol. The SMILES string of the molecule is CCn1ncc(C(=O)c2ccc(OC)c(N=S3(=O)CCCCC3)c2N=O)c1OCc1ccc2ccccc2c1. The minimum Gasteiger partial charge on any atom is -0.494 e. The first kappa shape index (κ1) is 26.6. The summed E-state index contributed by atoms with van der Waals surface area (Å²) in [5.74, 6) is 0.910. The number of hydrogen-bond donors (Lipinski definition) is 0. The van der Waals surface area contributed by atoms with Gasteiger partial charge in [-0.2, -0.15) is 9.46 Å². The van der Waals surface area contributed by atoms with Gasteiger partial charge in [-0.3, -0.25) is 4.79 Å². The summed E-state index contributed by atoms with van der Waals surface area (Å²) in [5, 5.41) is 9.71. The molecular formula is C29H30N4O5S. The smallest absolute Gasteiger partial charge is 0.223 e. The number of ketones is 1. The lowest BCUT2D eigenvalue weighted by molar-refractivity contribution is 0.103. The van der Waals surface area contributed by atoms with Crippen LogP contribution in [0.25, 0.3) is 10.8 Å². The van der Waals surface area contributed by atoms with Crippen LogP contribution in [0.4, 0.5) is 11.4 Å². The summed E-state index contributed by atoms with van der Waals surface area (Å²) in [6, 6.07) is 17.1. The number of hydrogen-bond acceptors (Lipinski definition) is 8. The Hall–Kier alpha value is -4.05. The van der Waals surface area contributed by atoms with Crippen LogP contribution in [0.3, 0.4) is 0 Å². The number of aromatic nitrogens is 2. The molecule has 0 unspecified atom stereocenters. The highest BCUT2D eigenvalue weighted by molar-refractivity contribution is 7.93. The number of nitrogens with zero attached hydrogens (tertiary/aromatic N) is 4. The maximum Gasteiger partial charge on any atom is 0.223 e. The zero-order valence-electron chi connectivity index (χ0n) is 22.0. The van der Waals surface area contributed by atoms with Gasteiger partial charge in [-0.15, -0.1) is 4.91 Å². The molecule has 0 spiro atoms. The Kier molecular flexibility index (Phi) is 7.74. The third-order valence-electron chi connectivity index (χ3n) is 6.88. The van der Waals surface area contributed by atoms with Gasteiger partial charge in [0.05, 0.1) is 28.6 Å². The number of nitroso groups, excluding NO2 is 1. The van der Waals surface area contributed by atoms with E-state index in [1.165, 1.54) is 19.4 Å². The lowest BCUT2D eigenvalue weighted by Gasteiger charge is -2.17. The van der Waals surface area contributed by atoms with Gasteiger partial charge < -0.3 is 9.47 Å². The quantitative estimate of drug-likeness (QED) is 0.174. The first-order valence-corrected chi connectivity index (χ1v) is 14.8. The number of rotatable bonds is 9. The van der Waals surface area contributed by atoms with Gasteiger partial charge in [0.15, 0.2) is 0 Å². The predicted molar refractivity (Wildman–Crippen MR) is 152 cm³/mol. The van der Waals surface area contributed by atoms with Crippen LogP contribution in [0.15, 0.2) is 70.3 Å². The summed E-state index contributed by atoms with van der Waals surface area (Å²) in [6.45, 7) is 2.60. The average molecular weight is 547 g/mol. The molecule has 1 fully saturated rings. The maximum absolute atomic E-state index is 13.8. The molecule has 3 aromatic carbocycles. The molecule has 1 aromatic heterocycles. The fourth-order valence-electron chi connectivity index (χ4n) is 4.81. The van der Waals surface area contributed by atoms with Crippen LogP contribution in [0.2, 0.25) is 0 Å². The summed E-state index contributed by atoms with van der Waals surface area (Å²) in [7, 11) is -1.15. The summed E-state index contributed by atoms with van der Waals surface area (Å²) < 4.78 is 31.0. The van der Waals surface area contributed by atoms with E-state index in [9.17, 15) is 13.9 Å². The highest BCUT2D eigenvalue weighted by Gasteiger charge is 2.27. The molecule has 0 aliphatic carbocycles. The monoisotopic (exact) mass is 546 g/mol. The van der Waals surface area contributed by atoms with E-state index in [-0.39, 0.29) is 34.9 Å². The minimum atomic E-state index is -2.58. The Morgan fingerprint density at radius 3 is 2.49 bits per heavy atom. The Morgan fingerprint density at radius 1 is 1.00 bits per heavy atom. The van der Waals surface area contributed by atoms with E-state index in [2.05, 4.69) is 14.6 Å². The van der Waals surface area contributed by atoms with Crippen LogP contribution < -0.4 is 9.47 Å². The molecule has 0 amide bonds. The van der Waals surface area contributed by atoms with E-state index in [0.717, 1.165) is 35.6 Å². The van der Waals surface area contributed by atoms with E-state index >= 15 is 0 Å². The molecule has 2 heterocycles. The zero-order chi connectivity index (χ0) is 27.4. The summed E-state index contributed by atoms with van der Waals surface area (Å²) in [4.78, 5) is 25.9. The maximum atomic E-state index is 13.8. The van der Waals surface area contributed by atoms with E-state index in [0.29, 0.717) is 23.9 Å². The fraction of sp³-hybridized carbons (Fsp3) is 0.310. The van der Waals surface area contributed by atoms with Gasteiger partial charge in [-0.05, 0) is 59.5 Å². The molecule has 1 saturated heterocycles. The molecule has 202 valence electrons. The Morgan fingerprint density at radius 2 is 1.77 bits per heavy atom. The van der Waals surface area contributed by atoms with Gasteiger partial charge in [0.1, 0.15) is 29.3 Å². The van der Waals surface area contributed by atoms with Crippen LogP contribution in [-0.4, -0.2) is 38.4 Å². The number of carbonyl (C=O) groups is 1. The molecule has 1 aliphatic heterocycles. The van der Waals surface area contributed by atoms with Crippen molar-refractivity contribution in [3.05, 3.63) is 82.4 Å². The van der Waals surface area contributed by atoms with Crippen LogP contribution in [0.5, 0.6) is 11.6 Å². The molecule has 0 saturated carbocycles. The standard InChI is InChI=1S/C29H30N4O5S/c1-3-33-29(38-19-20-11-12-21-9-5-6-10-22(21)17-20)24(18-30-33)28(34)23-13-14-25(37-2)27(26(23)31-35)32-39(36)15-7-4-8-16-39/h5-6,9-14,17-18H,3-4,7-8,15-16,19H2,1-2H3. The lowest BCUT2D eigenvalue weighted by atomic mass is 10.0. The van der Waals surface area contributed by atoms with E-state index in [1.54, 1.807) is 10.7 Å². The molecule has 9 nitrogen and oxygen atoms in total. The molecule has 1 aliphatic rings. The number of aryl methyl sites for hydroxylation is 1. The topological polar surface area (TPSA) is 112 Å². The van der Waals surface area contributed by atoms with Crippen LogP contribution in [0, 0.1) is 4.91 Å². The van der Waals surface area contributed by atoms with Gasteiger partial charge in [-0.1, -0.05) is 42.8 Å². The third-order valence-corrected chi connectivity index (χ3v) is 9.25. The van der Waals surface area contributed by atoms with Crippen molar-refractivity contribution in [1.29, 1.82) is 0 Å². The second kappa shape index (κ2) is 11.4. The molecule has 0 atom stereocenters. The summed E-state index contributed by atoms with van der Waals surface area (Å²) in [6.07, 6.45) is 4.01. The first-order chi connectivity index (χ1) is 19.0. The first-order valence-electron chi connectivity index (χ1n) is 12.9. The Balaban J connectivity index is 1.51. The number of fused-ring (bicyclic) bond motifs is 1. The van der Waals surface area contributed by atoms with Crippen LogP contribution >= 0.6 is 0 Å². The number of methoxy groups -OCH3 is 1. The third kappa shape index (κ3) is 5.42. The summed E-state index contributed by atoms with van der Waals surface area (Å²) >= 11 is 0. The van der Waals surface area contributed by atoms with Crippen molar-refractivity contribution in [2.24, 2.45) is 9.54 Å². The molecule has 0 bridgehead atoms. The molecule has 39 heavy (non-hydrogen) atoms. The highest BCUT2D eigenvalue weighted by Crippen LogP contribution is 2.43. The Bertz CT molecular complexity index is 1660. The van der Waals surface area contributed by atoms with Gasteiger partial charge in [-0.25, -0.2) is 8.89 Å². The highest BCUT2D eigenvalue weighted by atomic mass is 32.2. The second-order valence-electron chi connectivity index (χ2n) is 9.42. The molecule has 5 rings (SSSR count). The molecule has 0 N–H and O–H groups in total. The van der Waals surface area contributed by atoms with Crippen LogP contribution in [-0.2, 0) is 22.9 Å². The molecule has 10 heteroatoms. The van der Waals surface area contributed by atoms with Crippen molar-refractivity contribution >= 4 is 37.7 Å². The molecule has 0 radical (unpaired) electrons. The number of carbonyl (C=O) groups excluding carboxylic acids is 1. The largest absolute Gasteiger partial charge is 0.494 e. The van der Waals surface area contributed by atoms with Crippen molar-refractivity contribution < 1.29 is 18.5 Å². The summed E-state index contributed by atoms with van der Waals surface area (Å²) in [5.41, 5.74) is 1.01. The van der Waals surface area contributed by atoms with Crippen molar-refractivity contribution in [2.75, 3.05) is 18.6 Å². The van der Waals surface area contributed by atoms with Gasteiger partial charge in [0, 0.05) is 18.1 Å². The average Bonchev–Trinajstić information content (AvgIpc) is 3.38. The zero-order valence-corrected chi connectivity index (χ0v) is 22.8. The van der Waals surface area contributed by atoms with E-state index < -0.39 is 15.5 Å². The van der Waals surface area contributed by atoms with Gasteiger partial charge >= 0.3 is 0 Å². The van der Waals surface area contributed by atoms with E-state index in [1.807, 2.05) is 49.4 Å². The minimum absolute atomic E-state index is 0.0227. The number of benzene rings is 3. The van der Waals surface area contributed by atoms with Crippen molar-refractivity contribution in [3.8, 4) is 11.6 Å².